The molecular weight excluding hydrogens is 246 g/mol. The van der Waals surface area contributed by atoms with Gasteiger partial charge in [-0.1, -0.05) is 35.9 Å². The normalized spacial score (nSPS) is 22.6. The first kappa shape index (κ1) is 11.8. The molecule has 3 heteroatoms. The molecule has 1 heterocycles. The van der Waals surface area contributed by atoms with Gasteiger partial charge in [-0.25, -0.2) is 0 Å². The molecule has 0 saturated carbocycles. The Morgan fingerprint density at radius 3 is 2.72 bits per heavy atom. The minimum atomic E-state index is 0.222. The first-order chi connectivity index (χ1) is 8.70. The van der Waals surface area contributed by atoms with Crippen molar-refractivity contribution in [2.24, 2.45) is 0 Å². The fourth-order valence-corrected chi connectivity index (χ4v) is 2.98. The van der Waals surface area contributed by atoms with Gasteiger partial charge in [0.05, 0.1) is 6.10 Å². The molecule has 94 valence electrons. The van der Waals surface area contributed by atoms with Crippen molar-refractivity contribution in [1.29, 1.82) is 0 Å². The number of rotatable bonds is 1. The second-order valence-corrected chi connectivity index (χ2v) is 5.23. The van der Waals surface area contributed by atoms with Gasteiger partial charge in [0, 0.05) is 33.8 Å². The Labute approximate surface area is 112 Å². The molecule has 0 aliphatic carbocycles. The van der Waals surface area contributed by atoms with E-state index in [0.717, 1.165) is 28.0 Å². The van der Waals surface area contributed by atoms with Crippen LogP contribution in [0.25, 0.3) is 10.8 Å². The number of hydrogen-bond donors (Lipinski definition) is 1. The van der Waals surface area contributed by atoms with E-state index in [4.69, 9.17) is 16.3 Å². The van der Waals surface area contributed by atoms with E-state index in [-0.39, 0.29) is 6.10 Å². The van der Waals surface area contributed by atoms with Gasteiger partial charge < -0.3 is 10.1 Å². The number of nitrogens with one attached hydrogen (secondary N) is 1. The standard InChI is InChI=1S/C15H16ClNO/c1-9-7-14(17-2)12-8-13(16)10-5-3-4-6-11(10)15(12)18-9/h3-6,8-9,14,17H,7H2,1-2H3. The SMILES string of the molecule is CNC1CC(C)Oc2c1cc(Cl)c1ccccc21. The molecule has 2 nitrogen and oxygen atoms in total. The van der Waals surface area contributed by atoms with Gasteiger partial charge in [0.2, 0.25) is 0 Å². The zero-order valence-electron chi connectivity index (χ0n) is 10.5. The molecule has 2 unspecified atom stereocenters. The maximum absolute atomic E-state index is 6.37. The molecule has 2 aromatic rings. The highest BCUT2D eigenvalue weighted by Crippen LogP contribution is 2.42. The zero-order valence-corrected chi connectivity index (χ0v) is 11.3. The van der Waals surface area contributed by atoms with Gasteiger partial charge in [0.25, 0.3) is 0 Å². The highest BCUT2D eigenvalue weighted by atomic mass is 35.5. The van der Waals surface area contributed by atoms with E-state index in [1.54, 1.807) is 0 Å². The lowest BCUT2D eigenvalue weighted by atomic mass is 9.94. The minimum Gasteiger partial charge on any atom is -0.490 e. The van der Waals surface area contributed by atoms with Crippen molar-refractivity contribution in [3.63, 3.8) is 0 Å². The van der Waals surface area contributed by atoms with Crippen molar-refractivity contribution in [3.8, 4) is 5.75 Å². The summed E-state index contributed by atoms with van der Waals surface area (Å²) in [7, 11) is 1.98. The molecule has 0 spiro atoms. The van der Waals surface area contributed by atoms with Gasteiger partial charge in [-0.15, -0.1) is 0 Å². The van der Waals surface area contributed by atoms with E-state index < -0.39 is 0 Å². The smallest absolute Gasteiger partial charge is 0.132 e. The first-order valence-corrected chi connectivity index (χ1v) is 6.63. The summed E-state index contributed by atoms with van der Waals surface area (Å²) in [5.41, 5.74) is 1.17. The van der Waals surface area contributed by atoms with Crippen LogP contribution >= 0.6 is 11.6 Å². The predicted molar refractivity (Wildman–Crippen MR) is 75.5 cm³/mol. The number of benzene rings is 2. The molecule has 0 bridgehead atoms. The van der Waals surface area contributed by atoms with Gasteiger partial charge in [-0.2, -0.15) is 0 Å². The van der Waals surface area contributed by atoms with Gasteiger partial charge in [-0.3, -0.25) is 0 Å². The minimum absolute atomic E-state index is 0.222. The molecule has 3 rings (SSSR count). The van der Waals surface area contributed by atoms with Crippen LogP contribution in [0.4, 0.5) is 0 Å². The highest BCUT2D eigenvalue weighted by molar-refractivity contribution is 6.36. The summed E-state index contributed by atoms with van der Waals surface area (Å²) in [4.78, 5) is 0. The summed E-state index contributed by atoms with van der Waals surface area (Å²) in [5, 5.41) is 6.30. The summed E-state index contributed by atoms with van der Waals surface area (Å²) in [5.74, 6) is 0.980. The zero-order chi connectivity index (χ0) is 12.7. The van der Waals surface area contributed by atoms with Crippen LogP contribution in [0.5, 0.6) is 5.75 Å². The summed E-state index contributed by atoms with van der Waals surface area (Å²) in [6.07, 6.45) is 1.19. The molecule has 1 N–H and O–H groups in total. The van der Waals surface area contributed by atoms with Gasteiger partial charge in [-0.05, 0) is 20.0 Å². The Morgan fingerprint density at radius 2 is 2.00 bits per heavy atom. The molecule has 0 radical (unpaired) electrons. The molecule has 1 aliphatic rings. The van der Waals surface area contributed by atoms with E-state index in [1.807, 2.05) is 31.3 Å². The van der Waals surface area contributed by atoms with Crippen molar-refractivity contribution in [3.05, 3.63) is 40.9 Å². The quantitative estimate of drug-likeness (QED) is 0.840. The van der Waals surface area contributed by atoms with Crippen molar-refractivity contribution in [1.82, 2.24) is 5.32 Å². The third kappa shape index (κ3) is 1.76. The van der Waals surface area contributed by atoms with Crippen LogP contribution < -0.4 is 10.1 Å². The Hall–Kier alpha value is -1.25. The lowest BCUT2D eigenvalue weighted by Crippen LogP contribution is -2.29. The van der Waals surface area contributed by atoms with Crippen LogP contribution in [0.3, 0.4) is 0 Å². The van der Waals surface area contributed by atoms with Crippen LogP contribution in [0.15, 0.2) is 30.3 Å². The topological polar surface area (TPSA) is 21.3 Å². The predicted octanol–water partition coefficient (Wildman–Crippen LogP) is 3.92. The van der Waals surface area contributed by atoms with Crippen molar-refractivity contribution in [2.45, 2.75) is 25.5 Å². The maximum atomic E-state index is 6.37. The average molecular weight is 262 g/mol. The lowest BCUT2D eigenvalue weighted by molar-refractivity contribution is 0.172. The molecule has 2 aromatic carbocycles. The molecular formula is C15H16ClNO. The largest absolute Gasteiger partial charge is 0.490 e. The second-order valence-electron chi connectivity index (χ2n) is 4.83. The molecule has 18 heavy (non-hydrogen) atoms. The number of fused-ring (bicyclic) bond motifs is 3. The lowest BCUT2D eigenvalue weighted by Gasteiger charge is -2.31. The Bertz CT molecular complexity index is 596. The molecule has 0 aromatic heterocycles. The van der Waals surface area contributed by atoms with Crippen LogP contribution in [-0.2, 0) is 0 Å². The molecule has 2 atom stereocenters. The number of ether oxygens (including phenoxy) is 1. The fourth-order valence-electron chi connectivity index (χ4n) is 2.70. The molecule has 0 amide bonds. The van der Waals surface area contributed by atoms with E-state index >= 15 is 0 Å². The van der Waals surface area contributed by atoms with E-state index in [0.29, 0.717) is 6.04 Å². The molecule has 0 fully saturated rings. The number of halogens is 1. The monoisotopic (exact) mass is 261 g/mol. The Kier molecular flexibility index (Phi) is 2.92. The molecule has 0 saturated heterocycles. The Balaban J connectivity index is 2.30. The van der Waals surface area contributed by atoms with Gasteiger partial charge >= 0.3 is 0 Å². The van der Waals surface area contributed by atoms with Crippen LogP contribution in [0.2, 0.25) is 5.02 Å². The maximum Gasteiger partial charge on any atom is 0.132 e. The van der Waals surface area contributed by atoms with Crippen molar-refractivity contribution < 1.29 is 4.74 Å². The number of hydrogen-bond acceptors (Lipinski definition) is 2. The summed E-state index contributed by atoms with van der Waals surface area (Å²) < 4.78 is 6.03. The highest BCUT2D eigenvalue weighted by Gasteiger charge is 2.27. The van der Waals surface area contributed by atoms with Crippen LogP contribution in [0, 0.1) is 0 Å². The summed E-state index contributed by atoms with van der Waals surface area (Å²) in [6, 6.07) is 10.5. The van der Waals surface area contributed by atoms with Crippen molar-refractivity contribution in [2.75, 3.05) is 7.05 Å². The van der Waals surface area contributed by atoms with E-state index in [9.17, 15) is 0 Å². The molecule has 1 aliphatic heterocycles. The van der Waals surface area contributed by atoms with Crippen molar-refractivity contribution >= 4 is 22.4 Å². The third-order valence-corrected chi connectivity index (χ3v) is 3.90. The van der Waals surface area contributed by atoms with Gasteiger partial charge in [0.15, 0.2) is 0 Å². The summed E-state index contributed by atoms with van der Waals surface area (Å²) in [6.45, 7) is 2.11. The fraction of sp³-hybridized carbons (Fsp3) is 0.333. The third-order valence-electron chi connectivity index (χ3n) is 3.58. The van der Waals surface area contributed by atoms with E-state index in [2.05, 4.69) is 18.3 Å². The van der Waals surface area contributed by atoms with Crippen LogP contribution in [-0.4, -0.2) is 13.2 Å². The average Bonchev–Trinajstić information content (AvgIpc) is 2.39. The summed E-state index contributed by atoms with van der Waals surface area (Å²) >= 11 is 6.37. The van der Waals surface area contributed by atoms with Gasteiger partial charge in [0.1, 0.15) is 5.75 Å². The van der Waals surface area contributed by atoms with Crippen LogP contribution in [0.1, 0.15) is 24.9 Å². The Morgan fingerprint density at radius 1 is 1.28 bits per heavy atom. The second kappa shape index (κ2) is 4.45. The van der Waals surface area contributed by atoms with E-state index in [1.165, 1.54) is 5.56 Å². The first-order valence-electron chi connectivity index (χ1n) is 6.25.